The third-order valence-electron chi connectivity index (χ3n) is 6.74. The van der Waals surface area contributed by atoms with Gasteiger partial charge < -0.3 is 19.9 Å². The normalized spacial score (nSPS) is 20.8. The Kier molecular flexibility index (Phi) is 8.15. The first kappa shape index (κ1) is 24.6. The molecule has 1 aliphatic heterocycles. The summed E-state index contributed by atoms with van der Waals surface area (Å²) in [5.41, 5.74) is 3.40. The molecular formula is C25H33ClN4O4. The predicted octanol–water partition coefficient (Wildman–Crippen LogP) is 4.32. The van der Waals surface area contributed by atoms with Crippen LogP contribution in [0.25, 0.3) is 0 Å². The summed E-state index contributed by atoms with van der Waals surface area (Å²) in [7, 11) is 0. The van der Waals surface area contributed by atoms with Crippen LogP contribution in [0.2, 0.25) is 5.02 Å². The zero-order chi connectivity index (χ0) is 24.1. The Morgan fingerprint density at radius 3 is 2.35 bits per heavy atom. The molecule has 4 rings (SSSR count). The summed E-state index contributed by atoms with van der Waals surface area (Å²) in [6.45, 7) is 5.08. The van der Waals surface area contributed by atoms with Gasteiger partial charge in [-0.05, 0) is 80.6 Å². The number of hydrogen-bond donors (Lipinski definition) is 3. The Morgan fingerprint density at radius 2 is 1.74 bits per heavy atom. The highest BCUT2D eigenvalue weighted by Crippen LogP contribution is 2.27. The molecule has 1 amide bonds. The SMILES string of the molecule is Cc1cc(N(O)O)ccc1NC1CCC(OCC(=O)N2CCN(c3ccc(Cl)cc3)CC2)CC1. The maximum atomic E-state index is 12.7. The third kappa shape index (κ3) is 6.33. The van der Waals surface area contributed by atoms with E-state index in [1.54, 1.807) is 12.1 Å². The van der Waals surface area contributed by atoms with Crippen molar-refractivity contribution in [1.29, 1.82) is 0 Å². The second kappa shape index (κ2) is 11.3. The minimum atomic E-state index is 0.0635. The number of piperazine rings is 1. The van der Waals surface area contributed by atoms with Crippen molar-refractivity contribution >= 4 is 34.6 Å². The van der Waals surface area contributed by atoms with E-state index in [4.69, 9.17) is 26.8 Å². The largest absolute Gasteiger partial charge is 0.382 e. The van der Waals surface area contributed by atoms with Crippen molar-refractivity contribution in [2.45, 2.75) is 44.8 Å². The van der Waals surface area contributed by atoms with Crippen molar-refractivity contribution in [3.05, 3.63) is 53.1 Å². The molecule has 0 radical (unpaired) electrons. The Bertz CT molecular complexity index is 956. The smallest absolute Gasteiger partial charge is 0.248 e. The third-order valence-corrected chi connectivity index (χ3v) is 6.99. The Balaban J connectivity index is 1.16. The van der Waals surface area contributed by atoms with Crippen molar-refractivity contribution < 1.29 is 19.9 Å². The molecule has 0 unspecified atom stereocenters. The molecule has 3 N–H and O–H groups in total. The lowest BCUT2D eigenvalue weighted by molar-refractivity contribution is -0.139. The van der Waals surface area contributed by atoms with E-state index in [0.29, 0.717) is 24.8 Å². The number of aryl methyl sites for hydroxylation is 1. The predicted molar refractivity (Wildman–Crippen MR) is 133 cm³/mol. The first-order chi connectivity index (χ1) is 16.4. The lowest BCUT2D eigenvalue weighted by Gasteiger charge is -2.36. The summed E-state index contributed by atoms with van der Waals surface area (Å²) in [6.07, 6.45) is 3.86. The minimum Gasteiger partial charge on any atom is -0.382 e. The van der Waals surface area contributed by atoms with E-state index in [2.05, 4.69) is 10.2 Å². The van der Waals surface area contributed by atoms with Gasteiger partial charge in [0, 0.05) is 48.6 Å². The van der Waals surface area contributed by atoms with E-state index in [1.807, 2.05) is 42.2 Å². The number of carbonyl (C=O) groups excluding carboxylic acids is 1. The van der Waals surface area contributed by atoms with Crippen molar-refractivity contribution in [3.8, 4) is 0 Å². The van der Waals surface area contributed by atoms with Crippen LogP contribution in [0, 0.1) is 6.92 Å². The molecule has 0 bridgehead atoms. The van der Waals surface area contributed by atoms with Gasteiger partial charge in [0.1, 0.15) is 6.61 Å². The first-order valence-electron chi connectivity index (χ1n) is 11.8. The van der Waals surface area contributed by atoms with Crippen LogP contribution in [-0.4, -0.2) is 66.2 Å². The standard InChI is InChI=1S/C25H33ClN4O4/c1-18-16-22(30(32)33)8-11-24(18)27-20-4-9-23(10-5-20)34-17-25(31)29-14-12-28(13-15-29)21-6-2-19(26)3-7-21/h2-3,6-8,11,16,20,23,27,32-33H,4-5,9-10,12-15,17H2,1H3. The van der Waals surface area contributed by atoms with Crippen molar-refractivity contribution in [3.63, 3.8) is 0 Å². The van der Waals surface area contributed by atoms with E-state index in [-0.39, 0.29) is 23.8 Å². The summed E-state index contributed by atoms with van der Waals surface area (Å²) in [5.74, 6) is 0.0635. The highest BCUT2D eigenvalue weighted by atomic mass is 35.5. The van der Waals surface area contributed by atoms with Gasteiger partial charge in [-0.2, -0.15) is 0 Å². The van der Waals surface area contributed by atoms with Crippen LogP contribution in [-0.2, 0) is 9.53 Å². The van der Waals surface area contributed by atoms with Gasteiger partial charge in [-0.3, -0.25) is 15.2 Å². The Morgan fingerprint density at radius 1 is 1.06 bits per heavy atom. The van der Waals surface area contributed by atoms with Crippen molar-refractivity contribution in [2.24, 2.45) is 0 Å². The van der Waals surface area contributed by atoms with Gasteiger partial charge in [-0.15, -0.1) is 5.23 Å². The average molecular weight is 489 g/mol. The van der Waals surface area contributed by atoms with E-state index in [9.17, 15) is 4.79 Å². The van der Waals surface area contributed by atoms with Gasteiger partial charge in [0.05, 0.1) is 11.8 Å². The molecule has 1 saturated heterocycles. The molecule has 0 aromatic heterocycles. The number of benzene rings is 2. The maximum absolute atomic E-state index is 12.7. The zero-order valence-electron chi connectivity index (χ0n) is 19.5. The molecule has 2 aromatic carbocycles. The van der Waals surface area contributed by atoms with Gasteiger partial charge in [-0.1, -0.05) is 11.6 Å². The number of nitrogens with one attached hydrogen (secondary N) is 1. The minimum absolute atomic E-state index is 0.0635. The summed E-state index contributed by atoms with van der Waals surface area (Å²) < 4.78 is 5.98. The monoisotopic (exact) mass is 488 g/mol. The lowest BCUT2D eigenvalue weighted by atomic mass is 9.92. The highest BCUT2D eigenvalue weighted by molar-refractivity contribution is 6.30. The second-order valence-electron chi connectivity index (χ2n) is 9.06. The fourth-order valence-electron chi connectivity index (χ4n) is 4.67. The van der Waals surface area contributed by atoms with Crippen LogP contribution in [0.1, 0.15) is 31.2 Å². The maximum Gasteiger partial charge on any atom is 0.248 e. The zero-order valence-corrected chi connectivity index (χ0v) is 20.2. The van der Waals surface area contributed by atoms with Crippen molar-refractivity contribution in [2.75, 3.05) is 48.2 Å². The number of carbonyl (C=O) groups is 1. The van der Waals surface area contributed by atoms with Crippen LogP contribution >= 0.6 is 11.6 Å². The molecule has 0 spiro atoms. The van der Waals surface area contributed by atoms with Crippen LogP contribution < -0.4 is 15.4 Å². The molecule has 2 aromatic rings. The van der Waals surface area contributed by atoms with Crippen molar-refractivity contribution in [1.82, 2.24) is 4.90 Å². The van der Waals surface area contributed by atoms with E-state index < -0.39 is 0 Å². The number of rotatable bonds is 7. The molecule has 2 fully saturated rings. The molecule has 9 heteroatoms. The molecule has 2 aliphatic rings. The van der Waals surface area contributed by atoms with Crippen LogP contribution in [0.15, 0.2) is 42.5 Å². The Labute approximate surface area is 205 Å². The molecule has 1 aliphatic carbocycles. The van der Waals surface area contributed by atoms with Gasteiger partial charge in [0.15, 0.2) is 0 Å². The van der Waals surface area contributed by atoms with E-state index in [1.165, 1.54) is 0 Å². The fraction of sp³-hybridized carbons (Fsp3) is 0.480. The molecule has 34 heavy (non-hydrogen) atoms. The number of anilines is 3. The number of halogens is 1. The summed E-state index contributed by atoms with van der Waals surface area (Å²) in [4.78, 5) is 16.8. The number of nitrogens with zero attached hydrogens (tertiary/aromatic N) is 3. The van der Waals surface area contributed by atoms with E-state index >= 15 is 0 Å². The molecule has 8 nitrogen and oxygen atoms in total. The lowest BCUT2D eigenvalue weighted by Crippen LogP contribution is -2.50. The number of hydrogen-bond acceptors (Lipinski definition) is 7. The number of amides is 1. The van der Waals surface area contributed by atoms with Gasteiger partial charge >= 0.3 is 0 Å². The second-order valence-corrected chi connectivity index (χ2v) is 9.50. The van der Waals surface area contributed by atoms with Crippen LogP contribution in [0.5, 0.6) is 0 Å². The van der Waals surface area contributed by atoms with Gasteiger partial charge in [-0.25, -0.2) is 0 Å². The average Bonchev–Trinajstić information content (AvgIpc) is 2.85. The molecule has 0 atom stereocenters. The fourth-order valence-corrected chi connectivity index (χ4v) is 4.80. The highest BCUT2D eigenvalue weighted by Gasteiger charge is 2.25. The van der Waals surface area contributed by atoms with E-state index in [0.717, 1.165) is 60.7 Å². The molecule has 1 heterocycles. The summed E-state index contributed by atoms with van der Waals surface area (Å²) in [5, 5.41) is 22.7. The molecule has 1 saturated carbocycles. The Hall–Kier alpha value is -2.52. The first-order valence-corrected chi connectivity index (χ1v) is 12.2. The van der Waals surface area contributed by atoms with Gasteiger partial charge in [0.2, 0.25) is 5.91 Å². The molecule has 184 valence electrons. The summed E-state index contributed by atoms with van der Waals surface area (Å²) in [6, 6.07) is 13.4. The van der Waals surface area contributed by atoms with Crippen LogP contribution in [0.3, 0.4) is 0 Å². The topological polar surface area (TPSA) is 88.5 Å². The number of ether oxygens (including phenoxy) is 1. The summed E-state index contributed by atoms with van der Waals surface area (Å²) >= 11 is 5.97. The molecular weight excluding hydrogens is 456 g/mol. The quantitative estimate of drug-likeness (QED) is 0.500. The van der Waals surface area contributed by atoms with Crippen LogP contribution in [0.4, 0.5) is 17.1 Å². The van der Waals surface area contributed by atoms with Gasteiger partial charge in [0.25, 0.3) is 0 Å².